The number of carbonyl (C=O) groups excluding carboxylic acids is 2. The van der Waals surface area contributed by atoms with E-state index in [-0.39, 0.29) is 19.0 Å². The number of anilines is 1. The van der Waals surface area contributed by atoms with Crippen molar-refractivity contribution in [2.45, 2.75) is 39.8 Å². The minimum absolute atomic E-state index is 0.0727. The van der Waals surface area contributed by atoms with E-state index >= 15 is 0 Å². The number of benzene rings is 2. The van der Waals surface area contributed by atoms with Crippen molar-refractivity contribution in [1.29, 1.82) is 5.26 Å². The lowest BCUT2D eigenvalue weighted by Gasteiger charge is -2.25. The first-order valence-corrected chi connectivity index (χ1v) is 9.68. The number of nitriles is 1. The third-order valence-corrected chi connectivity index (χ3v) is 5.10. The Labute approximate surface area is 180 Å². The second-order valence-corrected chi connectivity index (χ2v) is 7.98. The molecule has 0 spiro atoms. The first-order chi connectivity index (χ1) is 14.5. The van der Waals surface area contributed by atoms with Crippen molar-refractivity contribution >= 4 is 23.6 Å². The van der Waals surface area contributed by atoms with Crippen molar-refractivity contribution in [2.24, 2.45) is 0 Å². The number of carboxylic acids is 1. The lowest BCUT2D eigenvalue weighted by atomic mass is 10.0. The zero-order valence-electron chi connectivity index (χ0n) is 17.8. The van der Waals surface area contributed by atoms with Crippen LogP contribution < -0.4 is 9.64 Å². The molecule has 8 heteroatoms. The van der Waals surface area contributed by atoms with Gasteiger partial charge in [0.05, 0.1) is 18.2 Å². The van der Waals surface area contributed by atoms with Crippen LogP contribution in [0.25, 0.3) is 0 Å². The van der Waals surface area contributed by atoms with Crippen LogP contribution in [0.2, 0.25) is 0 Å². The number of rotatable bonds is 6. The highest BCUT2D eigenvalue weighted by molar-refractivity contribution is 6.12. The van der Waals surface area contributed by atoms with Crippen LogP contribution in [-0.4, -0.2) is 40.1 Å². The van der Waals surface area contributed by atoms with Crippen molar-refractivity contribution < 1.29 is 24.2 Å². The summed E-state index contributed by atoms with van der Waals surface area (Å²) >= 11 is 0. The molecular weight excluding hydrogens is 398 g/mol. The maximum atomic E-state index is 12.9. The van der Waals surface area contributed by atoms with Crippen LogP contribution in [0.4, 0.5) is 10.5 Å². The molecule has 1 heterocycles. The third-order valence-electron chi connectivity index (χ3n) is 5.10. The Hall–Kier alpha value is -3.86. The van der Waals surface area contributed by atoms with Crippen molar-refractivity contribution in [2.75, 3.05) is 11.4 Å². The molecule has 0 bridgehead atoms. The summed E-state index contributed by atoms with van der Waals surface area (Å²) in [5.41, 5.74) is 1.79. The fourth-order valence-electron chi connectivity index (χ4n) is 3.39. The average molecular weight is 421 g/mol. The Balaban J connectivity index is 1.80. The number of carboxylic acid groups (broad SMARTS) is 1. The molecular formula is C23H23N3O5. The fraction of sp³-hybridized carbons (Fsp3) is 0.304. The van der Waals surface area contributed by atoms with E-state index in [1.165, 1.54) is 23.6 Å². The number of aliphatic carboxylic acids is 1. The van der Waals surface area contributed by atoms with Gasteiger partial charge in [-0.25, -0.2) is 9.59 Å². The number of hydrogen-bond donors (Lipinski definition) is 1. The van der Waals surface area contributed by atoms with Crippen LogP contribution in [0.3, 0.4) is 0 Å². The molecule has 0 atom stereocenters. The monoisotopic (exact) mass is 421 g/mol. The summed E-state index contributed by atoms with van der Waals surface area (Å²) in [6.07, 6.45) is 0. The Morgan fingerprint density at radius 1 is 1.16 bits per heavy atom. The number of imide groups is 1. The van der Waals surface area contributed by atoms with Gasteiger partial charge in [-0.15, -0.1) is 0 Å². The summed E-state index contributed by atoms with van der Waals surface area (Å²) in [6.45, 7) is 6.55. The maximum Gasteiger partial charge on any atom is 0.347 e. The molecule has 3 rings (SSSR count). The number of aryl methyl sites for hydroxylation is 2. The zero-order chi connectivity index (χ0) is 22.9. The van der Waals surface area contributed by atoms with Gasteiger partial charge in [0.25, 0.3) is 5.91 Å². The number of urea groups is 1. The fourth-order valence-corrected chi connectivity index (χ4v) is 3.39. The second-order valence-electron chi connectivity index (χ2n) is 7.98. The van der Waals surface area contributed by atoms with Gasteiger partial charge >= 0.3 is 12.0 Å². The highest BCUT2D eigenvalue weighted by Gasteiger charge is 2.37. The van der Waals surface area contributed by atoms with Gasteiger partial charge in [0.1, 0.15) is 12.3 Å². The van der Waals surface area contributed by atoms with Gasteiger partial charge in [-0.2, -0.15) is 5.26 Å². The Bertz CT molecular complexity index is 1080. The average Bonchev–Trinajstić information content (AvgIpc) is 2.99. The smallest absolute Gasteiger partial charge is 0.347 e. The second kappa shape index (κ2) is 8.11. The van der Waals surface area contributed by atoms with Crippen molar-refractivity contribution in [3.63, 3.8) is 0 Å². The highest BCUT2D eigenvalue weighted by Crippen LogP contribution is 2.30. The predicted octanol–water partition coefficient (Wildman–Crippen LogP) is 3.39. The molecule has 2 aromatic rings. The van der Waals surface area contributed by atoms with E-state index in [9.17, 15) is 19.5 Å². The van der Waals surface area contributed by atoms with Crippen molar-refractivity contribution in [3.05, 3.63) is 58.7 Å². The van der Waals surface area contributed by atoms with E-state index in [1.54, 1.807) is 50.2 Å². The van der Waals surface area contributed by atoms with Gasteiger partial charge in [0.2, 0.25) is 0 Å². The highest BCUT2D eigenvalue weighted by atomic mass is 16.5. The van der Waals surface area contributed by atoms with Crippen LogP contribution >= 0.6 is 0 Å². The molecule has 8 nitrogen and oxygen atoms in total. The van der Waals surface area contributed by atoms with E-state index in [4.69, 9.17) is 10.00 Å². The van der Waals surface area contributed by atoms with Crippen LogP contribution in [0.5, 0.6) is 5.75 Å². The molecule has 1 N–H and O–H groups in total. The summed E-state index contributed by atoms with van der Waals surface area (Å²) in [6, 6.07) is 11.6. The third kappa shape index (κ3) is 4.36. The summed E-state index contributed by atoms with van der Waals surface area (Å²) in [5, 5.41) is 18.2. The van der Waals surface area contributed by atoms with Crippen LogP contribution in [-0.2, 0) is 16.1 Å². The first-order valence-electron chi connectivity index (χ1n) is 9.68. The molecule has 31 heavy (non-hydrogen) atoms. The van der Waals surface area contributed by atoms with Gasteiger partial charge in [-0.05, 0) is 68.7 Å². The van der Waals surface area contributed by atoms with Crippen LogP contribution in [0.15, 0.2) is 36.4 Å². The molecule has 0 aliphatic carbocycles. The minimum Gasteiger partial charge on any atom is -0.478 e. The minimum atomic E-state index is -1.39. The predicted molar refractivity (Wildman–Crippen MR) is 113 cm³/mol. The first kappa shape index (κ1) is 21.8. The molecule has 0 unspecified atom stereocenters. The molecule has 3 amide bonds. The number of carbonyl (C=O) groups is 3. The summed E-state index contributed by atoms with van der Waals surface area (Å²) in [4.78, 5) is 39.3. The van der Waals surface area contributed by atoms with Gasteiger partial charge < -0.3 is 9.84 Å². The summed E-state index contributed by atoms with van der Waals surface area (Å²) in [5.74, 6) is -0.932. The van der Waals surface area contributed by atoms with E-state index in [1.807, 2.05) is 6.07 Å². The Morgan fingerprint density at radius 3 is 2.26 bits per heavy atom. The molecule has 0 radical (unpaired) electrons. The number of amides is 3. The van der Waals surface area contributed by atoms with Crippen molar-refractivity contribution in [1.82, 2.24) is 4.90 Å². The molecule has 160 valence electrons. The molecule has 0 saturated carbocycles. The number of ether oxygens (including phenoxy) is 1. The molecule has 1 aliphatic rings. The summed E-state index contributed by atoms with van der Waals surface area (Å²) in [7, 11) is 0. The maximum absolute atomic E-state index is 12.9. The zero-order valence-corrected chi connectivity index (χ0v) is 17.8. The Morgan fingerprint density at radius 2 is 1.74 bits per heavy atom. The van der Waals surface area contributed by atoms with Crippen LogP contribution in [0, 0.1) is 25.2 Å². The van der Waals surface area contributed by atoms with Gasteiger partial charge in [0.15, 0.2) is 5.60 Å². The normalized spacial score (nSPS) is 14.0. The van der Waals surface area contributed by atoms with Gasteiger partial charge in [0, 0.05) is 5.69 Å². The van der Waals surface area contributed by atoms with Crippen LogP contribution in [0.1, 0.15) is 36.1 Å². The number of nitrogens with zero attached hydrogens (tertiary/aromatic N) is 3. The molecule has 1 saturated heterocycles. The standard InChI is InChI=1S/C23H23N3O5/c1-14-9-17(10-15(2)20(14)31-23(3,4)21(28)29)12-26-19(27)13-25(22(26)30)18-7-5-16(11-24)6-8-18/h5-10H,12-13H2,1-4H3,(H,28,29). The molecule has 2 aromatic carbocycles. The largest absolute Gasteiger partial charge is 0.478 e. The topological polar surface area (TPSA) is 111 Å². The number of hydrogen-bond acceptors (Lipinski definition) is 5. The van der Waals surface area contributed by atoms with E-state index < -0.39 is 17.6 Å². The van der Waals surface area contributed by atoms with Gasteiger partial charge in [-0.1, -0.05) is 12.1 Å². The lowest BCUT2D eigenvalue weighted by Crippen LogP contribution is -2.38. The van der Waals surface area contributed by atoms with Crippen molar-refractivity contribution in [3.8, 4) is 11.8 Å². The Kier molecular flexibility index (Phi) is 5.71. The quantitative estimate of drug-likeness (QED) is 0.716. The SMILES string of the molecule is Cc1cc(CN2C(=O)CN(c3ccc(C#N)cc3)C2=O)cc(C)c1OC(C)(C)C(=O)O. The lowest BCUT2D eigenvalue weighted by molar-refractivity contribution is -0.152. The van der Waals surface area contributed by atoms with Gasteiger partial charge in [-0.3, -0.25) is 14.6 Å². The molecule has 1 fully saturated rings. The van der Waals surface area contributed by atoms with E-state index in [0.29, 0.717) is 28.1 Å². The summed E-state index contributed by atoms with van der Waals surface area (Å²) < 4.78 is 5.71. The van der Waals surface area contributed by atoms with E-state index in [0.717, 1.165) is 5.56 Å². The molecule has 1 aliphatic heterocycles. The van der Waals surface area contributed by atoms with E-state index in [2.05, 4.69) is 0 Å². The molecule has 0 aromatic heterocycles.